The number of piperidine rings is 3. The number of fused-ring (bicyclic) bond motifs is 3. The normalized spacial score (nSPS) is 31.6. The quantitative estimate of drug-likeness (QED) is 0.722. The summed E-state index contributed by atoms with van der Waals surface area (Å²) in [7, 11) is -1.04. The van der Waals surface area contributed by atoms with E-state index in [1.807, 2.05) is 24.3 Å². The summed E-state index contributed by atoms with van der Waals surface area (Å²) in [6, 6.07) is 7.61. The number of aliphatic hydroxyl groups excluding tert-OH is 1. The number of methoxy groups -OCH3 is 1. The second kappa shape index (κ2) is 7.03. The van der Waals surface area contributed by atoms with Crippen LogP contribution in [0, 0.1) is 5.92 Å². The van der Waals surface area contributed by atoms with Crippen LogP contribution in [0.2, 0.25) is 0 Å². The highest BCUT2D eigenvalue weighted by Crippen LogP contribution is 2.46. The minimum Gasteiger partial charge on any atom is -0.394 e. The largest absolute Gasteiger partial charge is 0.394 e. The van der Waals surface area contributed by atoms with Gasteiger partial charge in [0.2, 0.25) is 0 Å². The average molecular weight is 381 g/mol. The number of carbonyl (C=O) groups excluding carboxylic acids is 1. The molecular weight excluding hydrogens is 354 g/mol. The molecule has 0 radical (unpaired) electrons. The van der Waals surface area contributed by atoms with Crippen LogP contribution < -0.4 is 0 Å². The van der Waals surface area contributed by atoms with E-state index in [-0.39, 0.29) is 31.0 Å². The number of ether oxygens (including phenoxy) is 1. The maximum Gasteiger partial charge on any atom is 0.161 e. The van der Waals surface area contributed by atoms with Crippen LogP contribution in [0.25, 0.3) is 0 Å². The minimum absolute atomic E-state index is 0.0203. The number of hydrogen-bond donors (Lipinski definition) is 2. The Morgan fingerprint density at radius 3 is 2.50 bits per heavy atom. The highest BCUT2D eigenvalue weighted by Gasteiger charge is 2.56. The van der Waals surface area contributed by atoms with Crippen molar-refractivity contribution in [3.63, 3.8) is 0 Å². The second-order valence-corrected chi connectivity index (χ2v) is 9.49. The van der Waals surface area contributed by atoms with Crippen molar-refractivity contribution in [2.75, 3.05) is 26.9 Å². The van der Waals surface area contributed by atoms with Crippen molar-refractivity contribution in [2.45, 2.75) is 43.0 Å². The van der Waals surface area contributed by atoms with Crippen LogP contribution in [-0.4, -0.2) is 56.6 Å². The molecule has 4 atom stereocenters. The lowest BCUT2D eigenvalue weighted by Gasteiger charge is -2.55. The number of thiol groups is 1. The van der Waals surface area contributed by atoms with Gasteiger partial charge in [0.05, 0.1) is 18.0 Å². The molecule has 0 saturated carbocycles. The fourth-order valence-electron chi connectivity index (χ4n) is 4.38. The topological polar surface area (TPSA) is 83.9 Å². The summed E-state index contributed by atoms with van der Waals surface area (Å²) in [5, 5.41) is 10.0. The van der Waals surface area contributed by atoms with Crippen LogP contribution in [0.1, 0.15) is 43.9 Å². The molecule has 3 saturated heterocycles. The summed E-state index contributed by atoms with van der Waals surface area (Å²) >= 11 is 0. The highest BCUT2D eigenvalue weighted by atomic mass is 32.2. The first-order valence-corrected chi connectivity index (χ1v) is 10.1. The third kappa shape index (κ3) is 2.91. The summed E-state index contributed by atoms with van der Waals surface area (Å²) < 4.78 is 27.4. The monoisotopic (exact) mass is 381 g/mol. The molecule has 6 nitrogen and oxygen atoms in total. The molecule has 0 aliphatic carbocycles. The Kier molecular flexibility index (Phi) is 5.27. The van der Waals surface area contributed by atoms with Crippen molar-refractivity contribution in [1.29, 1.82) is 0 Å². The fourth-order valence-corrected chi connectivity index (χ4v) is 4.74. The standard InChI is InChI=1S/C19H27NO5S/c1-18(2,26(23)24)15-6-4-13(5-7-15)16-10-14-8-9-20(16)19(11-21,12-25-3)17(14)22/h4-7,14,16,21,26H,8-12H2,1-3H3/t14?,16-,19?/m0/s1. The van der Waals surface area contributed by atoms with E-state index in [2.05, 4.69) is 4.90 Å². The van der Waals surface area contributed by atoms with Crippen molar-refractivity contribution >= 4 is 16.5 Å². The third-order valence-corrected chi connectivity index (χ3v) is 7.26. The highest BCUT2D eigenvalue weighted by molar-refractivity contribution is 7.73. The summed E-state index contributed by atoms with van der Waals surface area (Å²) in [5.41, 5.74) is 0.809. The van der Waals surface area contributed by atoms with E-state index in [0.29, 0.717) is 0 Å². The van der Waals surface area contributed by atoms with Crippen LogP contribution in [0.5, 0.6) is 0 Å². The minimum atomic E-state index is -2.58. The van der Waals surface area contributed by atoms with Gasteiger partial charge in [-0.05, 0) is 37.8 Å². The van der Waals surface area contributed by atoms with Gasteiger partial charge in [0.15, 0.2) is 5.78 Å². The molecule has 1 aromatic rings. The third-order valence-electron chi connectivity index (χ3n) is 6.08. The lowest BCUT2D eigenvalue weighted by molar-refractivity contribution is -0.166. The second-order valence-electron chi connectivity index (χ2n) is 7.86. The maximum atomic E-state index is 12.8. The molecule has 4 rings (SSSR count). The molecular formula is C19H27NO5S. The lowest BCUT2D eigenvalue weighted by Crippen LogP contribution is -2.69. The van der Waals surface area contributed by atoms with E-state index < -0.39 is 21.0 Å². The van der Waals surface area contributed by atoms with Crippen LogP contribution in [-0.2, 0) is 25.0 Å². The van der Waals surface area contributed by atoms with E-state index in [1.165, 1.54) is 0 Å². The number of ketones is 1. The summed E-state index contributed by atoms with van der Waals surface area (Å²) in [4.78, 5) is 14.9. The number of hydrogen-bond acceptors (Lipinski definition) is 6. The Hall–Kier alpha value is -1.28. The van der Waals surface area contributed by atoms with Gasteiger partial charge in [0.1, 0.15) is 16.2 Å². The zero-order valence-electron chi connectivity index (χ0n) is 15.5. The number of aliphatic hydroxyl groups is 1. The van der Waals surface area contributed by atoms with Gasteiger partial charge < -0.3 is 9.84 Å². The molecule has 144 valence electrons. The zero-order valence-corrected chi connectivity index (χ0v) is 16.4. The molecule has 3 aliphatic heterocycles. The smallest absolute Gasteiger partial charge is 0.161 e. The van der Waals surface area contributed by atoms with Gasteiger partial charge in [-0.2, -0.15) is 0 Å². The predicted molar refractivity (Wildman–Crippen MR) is 98.7 cm³/mol. The van der Waals surface area contributed by atoms with E-state index >= 15 is 0 Å². The zero-order chi connectivity index (χ0) is 19.1. The number of nitrogens with zero attached hydrogens (tertiary/aromatic N) is 1. The van der Waals surface area contributed by atoms with Crippen LogP contribution in [0.15, 0.2) is 24.3 Å². The number of carbonyl (C=O) groups is 1. The first-order valence-electron chi connectivity index (χ1n) is 8.93. The summed E-state index contributed by atoms with van der Waals surface area (Å²) in [5.74, 6) is 0.00462. The average Bonchev–Trinajstić information content (AvgIpc) is 2.64. The van der Waals surface area contributed by atoms with Crippen LogP contribution in [0.3, 0.4) is 0 Å². The van der Waals surface area contributed by atoms with Crippen molar-refractivity contribution in [3.8, 4) is 0 Å². The molecule has 26 heavy (non-hydrogen) atoms. The fraction of sp³-hybridized carbons (Fsp3) is 0.632. The molecule has 7 heteroatoms. The van der Waals surface area contributed by atoms with E-state index in [1.54, 1.807) is 21.0 Å². The molecule has 1 N–H and O–H groups in total. The Bertz CT molecular complexity index is 750. The van der Waals surface area contributed by atoms with Gasteiger partial charge in [-0.15, -0.1) is 0 Å². The van der Waals surface area contributed by atoms with E-state index in [0.717, 1.165) is 30.5 Å². The van der Waals surface area contributed by atoms with Crippen molar-refractivity contribution in [2.24, 2.45) is 5.92 Å². The van der Waals surface area contributed by atoms with Gasteiger partial charge in [-0.3, -0.25) is 9.69 Å². The van der Waals surface area contributed by atoms with Crippen LogP contribution in [0.4, 0.5) is 0 Å². The first-order chi connectivity index (χ1) is 12.3. The number of benzene rings is 1. The van der Waals surface area contributed by atoms with Gasteiger partial charge >= 0.3 is 0 Å². The molecule has 0 spiro atoms. The Labute approximate surface area is 156 Å². The van der Waals surface area contributed by atoms with Gasteiger partial charge in [0, 0.05) is 25.6 Å². The Morgan fingerprint density at radius 1 is 1.31 bits per heavy atom. The van der Waals surface area contributed by atoms with Crippen molar-refractivity contribution in [3.05, 3.63) is 35.4 Å². The van der Waals surface area contributed by atoms with Crippen molar-refractivity contribution < 1.29 is 23.1 Å². The summed E-state index contributed by atoms with van der Waals surface area (Å²) in [6.45, 7) is 4.04. The molecule has 3 fully saturated rings. The summed E-state index contributed by atoms with van der Waals surface area (Å²) in [6.07, 6.45) is 1.53. The Balaban J connectivity index is 1.94. The molecule has 0 amide bonds. The molecule has 3 heterocycles. The van der Waals surface area contributed by atoms with E-state index in [9.17, 15) is 18.3 Å². The molecule has 3 unspecified atom stereocenters. The molecule has 3 aliphatic rings. The van der Waals surface area contributed by atoms with E-state index in [4.69, 9.17) is 4.74 Å². The molecule has 2 bridgehead atoms. The number of Topliss-reactive ketones (excluding diaryl/α,β-unsaturated/α-hetero) is 1. The Morgan fingerprint density at radius 2 is 1.96 bits per heavy atom. The van der Waals surface area contributed by atoms with Gasteiger partial charge in [-0.25, -0.2) is 8.42 Å². The molecule has 1 aromatic carbocycles. The number of rotatable bonds is 6. The molecule has 0 aromatic heterocycles. The first kappa shape index (κ1) is 19.5. The van der Waals surface area contributed by atoms with Crippen LogP contribution >= 0.6 is 0 Å². The van der Waals surface area contributed by atoms with Crippen molar-refractivity contribution in [1.82, 2.24) is 4.90 Å². The van der Waals surface area contributed by atoms with Gasteiger partial charge in [0.25, 0.3) is 0 Å². The predicted octanol–water partition coefficient (Wildman–Crippen LogP) is 1.25. The SMILES string of the molecule is COCC1(CO)C(=O)C2CCN1[C@H](c1ccc(C(C)(C)[SH](=O)=O)cc1)C2. The lowest BCUT2D eigenvalue weighted by atomic mass is 9.69. The van der Waals surface area contributed by atoms with Gasteiger partial charge in [-0.1, -0.05) is 24.3 Å². The maximum absolute atomic E-state index is 12.8.